The SMILES string of the molecule is CN1C(=O)/C(=C\c2ccc([N+](=O)[O-])o2)C(=O)N(c2ccccc2)C1=O. The van der Waals surface area contributed by atoms with Gasteiger partial charge < -0.3 is 4.42 Å². The lowest BCUT2D eigenvalue weighted by Crippen LogP contribution is -2.55. The Morgan fingerprint density at radius 3 is 2.32 bits per heavy atom. The molecule has 0 aliphatic carbocycles. The standard InChI is InChI=1S/C16H11N3O6/c1-17-14(20)12(9-11-7-8-13(25-11)19(23)24)15(21)18(16(17)22)10-5-3-2-4-6-10/h2-9H,1H3/b12-9+. The Balaban J connectivity index is 2.04. The molecule has 9 heteroatoms. The van der Waals surface area contributed by atoms with Crippen molar-refractivity contribution in [1.82, 2.24) is 4.90 Å². The zero-order valence-electron chi connectivity index (χ0n) is 12.9. The van der Waals surface area contributed by atoms with Crippen LogP contribution >= 0.6 is 0 Å². The largest absolute Gasteiger partial charge is 0.433 e. The molecule has 1 aromatic carbocycles. The maximum absolute atomic E-state index is 12.7. The second-order valence-electron chi connectivity index (χ2n) is 5.11. The summed E-state index contributed by atoms with van der Waals surface area (Å²) >= 11 is 0. The number of carbonyl (C=O) groups excluding carboxylic acids is 3. The molecule has 0 N–H and O–H groups in total. The molecule has 126 valence electrons. The molecular formula is C16H11N3O6. The van der Waals surface area contributed by atoms with Crippen LogP contribution < -0.4 is 4.90 Å². The van der Waals surface area contributed by atoms with Gasteiger partial charge in [0.05, 0.1) is 11.8 Å². The van der Waals surface area contributed by atoms with E-state index in [4.69, 9.17) is 4.42 Å². The van der Waals surface area contributed by atoms with E-state index in [1.165, 1.54) is 13.1 Å². The van der Waals surface area contributed by atoms with E-state index in [9.17, 15) is 24.5 Å². The highest BCUT2D eigenvalue weighted by atomic mass is 16.6. The zero-order chi connectivity index (χ0) is 18.1. The number of carbonyl (C=O) groups is 3. The second-order valence-corrected chi connectivity index (χ2v) is 5.11. The molecule has 0 unspecified atom stereocenters. The van der Waals surface area contributed by atoms with Gasteiger partial charge >= 0.3 is 11.9 Å². The summed E-state index contributed by atoms with van der Waals surface area (Å²) < 4.78 is 4.95. The average Bonchev–Trinajstić information content (AvgIpc) is 3.07. The van der Waals surface area contributed by atoms with E-state index >= 15 is 0 Å². The van der Waals surface area contributed by atoms with Crippen molar-refractivity contribution in [3.8, 4) is 0 Å². The number of hydrogen-bond donors (Lipinski definition) is 0. The molecule has 1 aliphatic heterocycles. The topological polar surface area (TPSA) is 114 Å². The third-order valence-electron chi connectivity index (χ3n) is 3.54. The monoisotopic (exact) mass is 341 g/mol. The Morgan fingerprint density at radius 1 is 1.04 bits per heavy atom. The fraction of sp³-hybridized carbons (Fsp3) is 0.0625. The summed E-state index contributed by atoms with van der Waals surface area (Å²) in [4.78, 5) is 48.8. The number of amides is 4. The minimum Gasteiger partial charge on any atom is -0.401 e. The molecule has 0 saturated carbocycles. The lowest BCUT2D eigenvalue weighted by molar-refractivity contribution is -0.402. The summed E-state index contributed by atoms with van der Waals surface area (Å²) in [7, 11) is 1.24. The number of likely N-dealkylation sites (N-methyl/N-ethyl adjacent to an activating group) is 1. The number of nitro groups is 1. The second kappa shape index (κ2) is 6.04. The van der Waals surface area contributed by atoms with Crippen molar-refractivity contribution in [3.05, 3.63) is 63.9 Å². The van der Waals surface area contributed by atoms with Crippen LogP contribution in [0.15, 0.2) is 52.5 Å². The lowest BCUT2D eigenvalue weighted by atomic mass is 10.1. The Morgan fingerprint density at radius 2 is 1.72 bits per heavy atom. The zero-order valence-corrected chi connectivity index (χ0v) is 12.9. The number of rotatable bonds is 3. The van der Waals surface area contributed by atoms with Gasteiger partial charge in [-0.1, -0.05) is 18.2 Å². The highest BCUT2D eigenvalue weighted by Gasteiger charge is 2.41. The first-order chi connectivity index (χ1) is 11.9. The molecule has 25 heavy (non-hydrogen) atoms. The van der Waals surface area contributed by atoms with Crippen LogP contribution in [0, 0.1) is 10.1 Å². The normalized spacial score (nSPS) is 16.7. The number of imide groups is 2. The van der Waals surface area contributed by atoms with Crippen molar-refractivity contribution in [1.29, 1.82) is 0 Å². The maximum Gasteiger partial charge on any atom is 0.433 e. The molecule has 9 nitrogen and oxygen atoms in total. The predicted octanol–water partition coefficient (Wildman–Crippen LogP) is 2.20. The smallest absolute Gasteiger partial charge is 0.401 e. The van der Waals surface area contributed by atoms with Gasteiger partial charge in [-0.3, -0.25) is 24.6 Å². The number of urea groups is 1. The van der Waals surface area contributed by atoms with Crippen LogP contribution in [-0.4, -0.2) is 34.7 Å². The van der Waals surface area contributed by atoms with Gasteiger partial charge in [-0.25, -0.2) is 9.69 Å². The number of anilines is 1. The fourth-order valence-electron chi connectivity index (χ4n) is 2.30. The third kappa shape index (κ3) is 2.78. The summed E-state index contributed by atoms with van der Waals surface area (Å²) in [5, 5.41) is 10.7. The molecule has 2 heterocycles. The van der Waals surface area contributed by atoms with Gasteiger partial charge in [0, 0.05) is 7.05 Å². The molecule has 4 amide bonds. The van der Waals surface area contributed by atoms with Crippen LogP contribution in [0.3, 0.4) is 0 Å². The highest BCUT2D eigenvalue weighted by Crippen LogP contribution is 2.26. The fourth-order valence-corrected chi connectivity index (χ4v) is 2.30. The van der Waals surface area contributed by atoms with Crippen LogP contribution in [0.25, 0.3) is 6.08 Å². The van der Waals surface area contributed by atoms with Gasteiger partial charge in [0.1, 0.15) is 16.3 Å². The molecule has 0 bridgehead atoms. The molecule has 0 radical (unpaired) electrons. The van der Waals surface area contributed by atoms with Crippen LogP contribution in [0.1, 0.15) is 5.76 Å². The quantitative estimate of drug-likeness (QED) is 0.366. The number of hydrogen-bond acceptors (Lipinski definition) is 6. The summed E-state index contributed by atoms with van der Waals surface area (Å²) in [6.07, 6.45) is 1.08. The van der Waals surface area contributed by atoms with Crippen molar-refractivity contribution in [2.45, 2.75) is 0 Å². The molecule has 1 fully saturated rings. The van der Waals surface area contributed by atoms with Crippen molar-refractivity contribution in [3.63, 3.8) is 0 Å². The van der Waals surface area contributed by atoms with Crippen LogP contribution in [-0.2, 0) is 9.59 Å². The van der Waals surface area contributed by atoms with E-state index in [1.807, 2.05) is 0 Å². The summed E-state index contributed by atoms with van der Waals surface area (Å²) in [6.45, 7) is 0. The van der Waals surface area contributed by atoms with Crippen LogP contribution in [0.5, 0.6) is 0 Å². The maximum atomic E-state index is 12.7. The number of para-hydroxylation sites is 1. The van der Waals surface area contributed by atoms with E-state index in [0.29, 0.717) is 5.69 Å². The first-order valence-corrected chi connectivity index (χ1v) is 7.07. The molecule has 1 aliphatic rings. The number of barbiturate groups is 1. The minimum absolute atomic E-state index is 0.0424. The molecule has 0 spiro atoms. The molecular weight excluding hydrogens is 330 g/mol. The van der Waals surface area contributed by atoms with Crippen molar-refractivity contribution < 1.29 is 23.7 Å². The molecule has 1 saturated heterocycles. The van der Waals surface area contributed by atoms with E-state index < -0.39 is 28.7 Å². The number of nitrogens with zero attached hydrogens (tertiary/aromatic N) is 3. The van der Waals surface area contributed by atoms with Gasteiger partial charge in [-0.05, 0) is 24.3 Å². The van der Waals surface area contributed by atoms with Gasteiger partial charge in [0.2, 0.25) is 0 Å². The van der Waals surface area contributed by atoms with Gasteiger partial charge in [0.15, 0.2) is 0 Å². The summed E-state index contributed by atoms with van der Waals surface area (Å²) in [6, 6.07) is 9.68. The van der Waals surface area contributed by atoms with Crippen LogP contribution in [0.4, 0.5) is 16.4 Å². The summed E-state index contributed by atoms with van der Waals surface area (Å²) in [5.74, 6) is -2.22. The van der Waals surface area contributed by atoms with Gasteiger partial charge in [-0.15, -0.1) is 0 Å². The third-order valence-corrected chi connectivity index (χ3v) is 3.54. The Labute approximate surface area is 140 Å². The highest BCUT2D eigenvalue weighted by molar-refractivity contribution is 6.38. The van der Waals surface area contributed by atoms with Crippen molar-refractivity contribution in [2.24, 2.45) is 0 Å². The minimum atomic E-state index is -0.835. The van der Waals surface area contributed by atoms with Crippen LogP contribution in [0.2, 0.25) is 0 Å². The molecule has 0 atom stereocenters. The lowest BCUT2D eigenvalue weighted by Gasteiger charge is -2.31. The first-order valence-electron chi connectivity index (χ1n) is 7.07. The Bertz CT molecular complexity index is 915. The van der Waals surface area contributed by atoms with Gasteiger partial charge in [-0.2, -0.15) is 0 Å². The Kier molecular flexibility index (Phi) is 3.89. The average molecular weight is 341 g/mol. The van der Waals surface area contributed by atoms with Crippen molar-refractivity contribution >= 4 is 35.5 Å². The number of benzene rings is 1. The van der Waals surface area contributed by atoms with Crippen molar-refractivity contribution in [2.75, 3.05) is 11.9 Å². The molecule has 3 rings (SSSR count). The summed E-state index contributed by atoms with van der Waals surface area (Å²) in [5.41, 5.74) is -0.0385. The van der Waals surface area contributed by atoms with E-state index in [-0.39, 0.29) is 11.3 Å². The molecule has 1 aromatic heterocycles. The van der Waals surface area contributed by atoms with E-state index in [2.05, 4.69) is 0 Å². The number of furan rings is 1. The van der Waals surface area contributed by atoms with E-state index in [1.54, 1.807) is 30.3 Å². The van der Waals surface area contributed by atoms with Gasteiger partial charge in [0.25, 0.3) is 11.8 Å². The van der Waals surface area contributed by atoms with E-state index in [0.717, 1.165) is 21.9 Å². The Hall–Kier alpha value is -3.75. The first kappa shape index (κ1) is 16.1. The molecule has 2 aromatic rings. The predicted molar refractivity (Wildman–Crippen MR) is 85.4 cm³/mol.